The van der Waals surface area contributed by atoms with E-state index in [9.17, 15) is 0 Å². The Hall–Kier alpha value is -0.380. The topological polar surface area (TPSA) is 38.0 Å². The summed E-state index contributed by atoms with van der Waals surface area (Å²) >= 11 is 1.90. The van der Waals surface area contributed by atoms with Crippen LogP contribution < -0.4 is 11.1 Å². The lowest BCUT2D eigenvalue weighted by Gasteiger charge is -2.27. The first-order valence-corrected chi connectivity index (χ1v) is 7.26. The Bertz CT molecular complexity index is 328. The van der Waals surface area contributed by atoms with Gasteiger partial charge < -0.3 is 11.1 Å². The molecule has 0 unspecified atom stereocenters. The summed E-state index contributed by atoms with van der Waals surface area (Å²) in [6.07, 6.45) is 6.29. The third kappa shape index (κ3) is 2.31. The molecule has 1 aromatic heterocycles. The van der Waals surface area contributed by atoms with E-state index in [0.717, 1.165) is 18.0 Å². The second kappa shape index (κ2) is 4.47. The van der Waals surface area contributed by atoms with Gasteiger partial charge in [-0.3, -0.25) is 0 Å². The molecule has 0 radical (unpaired) electrons. The van der Waals surface area contributed by atoms with Crippen LogP contribution in [0.1, 0.15) is 42.9 Å². The molecule has 2 aliphatic rings. The lowest BCUT2D eigenvalue weighted by atomic mass is 9.92. The molecular formula is C13H20N2S. The second-order valence-corrected chi connectivity index (χ2v) is 6.22. The van der Waals surface area contributed by atoms with Gasteiger partial charge in [-0.05, 0) is 43.6 Å². The Balaban J connectivity index is 1.47. The van der Waals surface area contributed by atoms with E-state index in [1.54, 1.807) is 4.88 Å². The van der Waals surface area contributed by atoms with Gasteiger partial charge >= 0.3 is 0 Å². The Kier molecular flexibility index (Phi) is 3.01. The largest absolute Gasteiger partial charge is 0.328 e. The monoisotopic (exact) mass is 236 g/mol. The molecule has 0 spiro atoms. The standard InChI is InChI=1S/C13H20N2S/c14-9-3-5-10(6-4-9)15-12-8-11(12)13-2-1-7-16-13/h1-2,7,9-12,15H,3-6,8,14H2/t9?,10?,11-,12-/m1/s1. The zero-order valence-electron chi connectivity index (χ0n) is 9.56. The lowest BCUT2D eigenvalue weighted by Crippen LogP contribution is -2.38. The Morgan fingerprint density at radius 3 is 2.75 bits per heavy atom. The molecule has 0 aromatic carbocycles. The zero-order chi connectivity index (χ0) is 11.0. The van der Waals surface area contributed by atoms with Crippen LogP contribution in [-0.2, 0) is 0 Å². The fourth-order valence-electron chi connectivity index (χ4n) is 2.78. The highest BCUT2D eigenvalue weighted by Crippen LogP contribution is 2.43. The quantitative estimate of drug-likeness (QED) is 0.846. The lowest BCUT2D eigenvalue weighted by molar-refractivity contribution is 0.340. The van der Waals surface area contributed by atoms with Gasteiger partial charge in [0.05, 0.1) is 0 Å². The van der Waals surface area contributed by atoms with Gasteiger partial charge in [-0.2, -0.15) is 0 Å². The summed E-state index contributed by atoms with van der Waals surface area (Å²) in [7, 11) is 0. The number of hydrogen-bond acceptors (Lipinski definition) is 3. The van der Waals surface area contributed by atoms with Gasteiger partial charge in [0.15, 0.2) is 0 Å². The fourth-order valence-corrected chi connectivity index (χ4v) is 3.69. The summed E-state index contributed by atoms with van der Waals surface area (Å²) in [5.74, 6) is 0.801. The summed E-state index contributed by atoms with van der Waals surface area (Å²) in [5, 5.41) is 5.99. The summed E-state index contributed by atoms with van der Waals surface area (Å²) < 4.78 is 0. The summed E-state index contributed by atoms with van der Waals surface area (Å²) in [5.41, 5.74) is 5.92. The van der Waals surface area contributed by atoms with Gasteiger partial charge in [0.1, 0.15) is 0 Å². The van der Waals surface area contributed by atoms with E-state index in [1.165, 1.54) is 32.1 Å². The van der Waals surface area contributed by atoms with Crippen molar-refractivity contribution in [2.24, 2.45) is 5.73 Å². The summed E-state index contributed by atoms with van der Waals surface area (Å²) in [6.45, 7) is 0. The molecule has 2 atom stereocenters. The van der Waals surface area contributed by atoms with E-state index in [1.807, 2.05) is 11.3 Å². The number of thiophene rings is 1. The van der Waals surface area contributed by atoms with Crippen LogP contribution in [0.2, 0.25) is 0 Å². The van der Waals surface area contributed by atoms with Crippen molar-refractivity contribution in [3.8, 4) is 0 Å². The van der Waals surface area contributed by atoms with Crippen molar-refractivity contribution in [1.29, 1.82) is 0 Å². The third-order valence-electron chi connectivity index (χ3n) is 3.92. The van der Waals surface area contributed by atoms with Crippen LogP contribution in [0.4, 0.5) is 0 Å². The minimum absolute atomic E-state index is 0.463. The molecule has 2 nitrogen and oxygen atoms in total. The first-order valence-electron chi connectivity index (χ1n) is 6.38. The molecule has 2 fully saturated rings. The fraction of sp³-hybridized carbons (Fsp3) is 0.692. The van der Waals surface area contributed by atoms with Crippen LogP contribution in [0.5, 0.6) is 0 Å². The number of hydrogen-bond donors (Lipinski definition) is 2. The molecule has 3 N–H and O–H groups in total. The van der Waals surface area contributed by atoms with E-state index >= 15 is 0 Å². The van der Waals surface area contributed by atoms with Crippen LogP contribution in [-0.4, -0.2) is 18.1 Å². The molecule has 16 heavy (non-hydrogen) atoms. The number of nitrogens with two attached hydrogens (primary N) is 1. The van der Waals surface area contributed by atoms with E-state index < -0.39 is 0 Å². The smallest absolute Gasteiger partial charge is 0.0154 e. The number of nitrogens with one attached hydrogen (secondary N) is 1. The van der Waals surface area contributed by atoms with Gasteiger partial charge in [0, 0.05) is 28.9 Å². The Morgan fingerprint density at radius 1 is 1.25 bits per heavy atom. The second-order valence-electron chi connectivity index (χ2n) is 5.24. The van der Waals surface area contributed by atoms with E-state index in [2.05, 4.69) is 22.8 Å². The molecule has 0 bridgehead atoms. The van der Waals surface area contributed by atoms with E-state index in [0.29, 0.717) is 6.04 Å². The van der Waals surface area contributed by atoms with Crippen molar-refractivity contribution >= 4 is 11.3 Å². The molecule has 2 saturated carbocycles. The molecule has 3 rings (SSSR count). The van der Waals surface area contributed by atoms with E-state index in [-0.39, 0.29) is 0 Å². The van der Waals surface area contributed by atoms with Crippen molar-refractivity contribution in [3.63, 3.8) is 0 Å². The van der Waals surface area contributed by atoms with Crippen molar-refractivity contribution in [2.45, 2.75) is 56.1 Å². The Morgan fingerprint density at radius 2 is 2.06 bits per heavy atom. The Labute approximate surface area is 101 Å². The molecule has 0 amide bonds. The average Bonchev–Trinajstić information content (AvgIpc) is 2.85. The predicted octanol–water partition coefficient (Wildman–Crippen LogP) is 2.46. The normalized spacial score (nSPS) is 38.6. The van der Waals surface area contributed by atoms with Crippen molar-refractivity contribution in [1.82, 2.24) is 5.32 Å². The third-order valence-corrected chi connectivity index (χ3v) is 4.92. The minimum Gasteiger partial charge on any atom is -0.328 e. The first-order chi connectivity index (χ1) is 7.83. The van der Waals surface area contributed by atoms with Crippen LogP contribution in [0.25, 0.3) is 0 Å². The average molecular weight is 236 g/mol. The summed E-state index contributed by atoms with van der Waals surface area (Å²) in [4.78, 5) is 1.56. The maximum absolute atomic E-state index is 5.92. The molecule has 1 heterocycles. The van der Waals surface area contributed by atoms with E-state index in [4.69, 9.17) is 5.73 Å². The minimum atomic E-state index is 0.463. The molecule has 88 valence electrons. The van der Waals surface area contributed by atoms with Gasteiger partial charge in [0.2, 0.25) is 0 Å². The predicted molar refractivity (Wildman–Crippen MR) is 68.8 cm³/mol. The molecule has 2 aliphatic carbocycles. The highest BCUT2D eigenvalue weighted by molar-refractivity contribution is 7.10. The number of rotatable bonds is 3. The maximum Gasteiger partial charge on any atom is 0.0154 e. The molecule has 1 aromatic rings. The van der Waals surface area contributed by atoms with Crippen LogP contribution >= 0.6 is 11.3 Å². The molecule has 3 heteroatoms. The highest BCUT2D eigenvalue weighted by atomic mass is 32.1. The van der Waals surface area contributed by atoms with Crippen molar-refractivity contribution in [3.05, 3.63) is 22.4 Å². The van der Waals surface area contributed by atoms with Crippen LogP contribution in [0, 0.1) is 0 Å². The van der Waals surface area contributed by atoms with Crippen molar-refractivity contribution < 1.29 is 0 Å². The molecule has 0 saturated heterocycles. The van der Waals surface area contributed by atoms with Crippen LogP contribution in [0.15, 0.2) is 17.5 Å². The molecule has 0 aliphatic heterocycles. The SMILES string of the molecule is NC1CCC(N[C@@H]2C[C@H]2c2cccs2)CC1. The van der Waals surface area contributed by atoms with Crippen LogP contribution in [0.3, 0.4) is 0 Å². The van der Waals surface area contributed by atoms with Gasteiger partial charge in [-0.15, -0.1) is 11.3 Å². The van der Waals surface area contributed by atoms with Gasteiger partial charge in [-0.1, -0.05) is 6.07 Å². The van der Waals surface area contributed by atoms with Gasteiger partial charge in [0.25, 0.3) is 0 Å². The highest BCUT2D eigenvalue weighted by Gasteiger charge is 2.40. The first kappa shape index (κ1) is 10.8. The van der Waals surface area contributed by atoms with Gasteiger partial charge in [-0.25, -0.2) is 0 Å². The summed E-state index contributed by atoms with van der Waals surface area (Å²) in [6, 6.07) is 6.38. The zero-order valence-corrected chi connectivity index (χ0v) is 10.4. The maximum atomic E-state index is 5.92. The molecular weight excluding hydrogens is 216 g/mol. The van der Waals surface area contributed by atoms with Crippen molar-refractivity contribution in [2.75, 3.05) is 0 Å².